The van der Waals surface area contributed by atoms with Crippen LogP contribution in [0.4, 0.5) is 4.39 Å². The minimum atomic E-state index is -0.289. The maximum atomic E-state index is 11.8. The van der Waals surface area contributed by atoms with E-state index in [1.165, 1.54) is 25.5 Å². The number of rotatable bonds is 0. The molecule has 0 unspecified atom stereocenters. The molecule has 3 heteroatoms. The van der Waals surface area contributed by atoms with E-state index in [9.17, 15) is 4.39 Å². The molecule has 2 N–H and O–H groups in total. The zero-order chi connectivity index (χ0) is 7.11. The topological polar surface area (TPSA) is 38.9 Å². The molecule has 0 fully saturated rings. The molecule has 0 saturated carbocycles. The summed E-state index contributed by atoms with van der Waals surface area (Å²) in [6.45, 7) is 0. The normalized spacial score (nSPS) is 7.44. The van der Waals surface area contributed by atoms with Gasteiger partial charge in [0.05, 0.1) is 6.20 Å². The summed E-state index contributed by atoms with van der Waals surface area (Å²) in [5, 5.41) is 0. The summed E-state index contributed by atoms with van der Waals surface area (Å²) >= 11 is 0. The summed E-state index contributed by atoms with van der Waals surface area (Å²) in [6, 6.07) is 2.91. The first kappa shape index (κ1) is 8.04. The number of nitrogens with zero attached hydrogens (tertiary/aromatic N) is 1. The summed E-state index contributed by atoms with van der Waals surface area (Å²) in [5.41, 5.74) is 4.50. The Kier molecular flexibility index (Phi) is 4.63. The van der Waals surface area contributed by atoms with Crippen molar-refractivity contribution in [3.63, 3.8) is 0 Å². The molecule has 0 atom stereocenters. The van der Waals surface area contributed by atoms with Crippen LogP contribution in [-0.2, 0) is 0 Å². The van der Waals surface area contributed by atoms with Gasteiger partial charge in [-0.15, -0.1) is 0 Å². The molecule has 0 bridgehead atoms. The van der Waals surface area contributed by atoms with Crippen LogP contribution in [0.1, 0.15) is 0 Å². The van der Waals surface area contributed by atoms with Crippen molar-refractivity contribution in [2.75, 3.05) is 7.05 Å². The number of halogens is 1. The highest BCUT2D eigenvalue weighted by Crippen LogP contribution is 1.87. The standard InChI is InChI=1S/C5H4FN.CH5N/c6-5-2-1-3-7-4-5;1-2/h1-4H;2H2,1H3. The van der Waals surface area contributed by atoms with Crippen LogP contribution in [0.15, 0.2) is 24.5 Å². The van der Waals surface area contributed by atoms with Crippen molar-refractivity contribution in [1.82, 2.24) is 4.98 Å². The first-order valence-corrected chi connectivity index (χ1v) is 2.53. The Labute approximate surface area is 53.5 Å². The van der Waals surface area contributed by atoms with Gasteiger partial charge in [0.1, 0.15) is 5.82 Å². The van der Waals surface area contributed by atoms with E-state index >= 15 is 0 Å². The van der Waals surface area contributed by atoms with Crippen LogP contribution in [0.3, 0.4) is 0 Å². The molecule has 1 rings (SSSR count). The minimum Gasteiger partial charge on any atom is -0.333 e. The number of pyridine rings is 1. The average molecular weight is 128 g/mol. The second-order valence-corrected chi connectivity index (χ2v) is 1.17. The zero-order valence-corrected chi connectivity index (χ0v) is 5.21. The number of hydrogen-bond acceptors (Lipinski definition) is 2. The van der Waals surface area contributed by atoms with Crippen molar-refractivity contribution >= 4 is 0 Å². The second kappa shape index (κ2) is 5.18. The smallest absolute Gasteiger partial charge is 0.141 e. The molecule has 2 nitrogen and oxygen atoms in total. The first-order chi connectivity index (χ1) is 4.39. The first-order valence-electron chi connectivity index (χ1n) is 2.53. The Morgan fingerprint density at radius 2 is 2.22 bits per heavy atom. The van der Waals surface area contributed by atoms with Gasteiger partial charge in [-0.25, -0.2) is 4.39 Å². The third-order valence-electron chi connectivity index (χ3n) is 0.625. The lowest BCUT2D eigenvalue weighted by Gasteiger charge is -1.78. The maximum absolute atomic E-state index is 11.8. The van der Waals surface area contributed by atoms with Gasteiger partial charge in [-0.1, -0.05) is 0 Å². The highest BCUT2D eigenvalue weighted by molar-refractivity contribution is 4.92. The molecule has 1 aromatic heterocycles. The van der Waals surface area contributed by atoms with Gasteiger partial charge in [-0.3, -0.25) is 4.98 Å². The van der Waals surface area contributed by atoms with Crippen LogP contribution >= 0.6 is 0 Å². The molecule has 0 aliphatic heterocycles. The Morgan fingerprint density at radius 1 is 1.56 bits per heavy atom. The van der Waals surface area contributed by atoms with Crippen LogP contribution in [0, 0.1) is 5.82 Å². The van der Waals surface area contributed by atoms with E-state index in [0.717, 1.165) is 0 Å². The minimum absolute atomic E-state index is 0.289. The van der Waals surface area contributed by atoms with E-state index < -0.39 is 0 Å². The summed E-state index contributed by atoms with van der Waals surface area (Å²) in [4.78, 5) is 3.51. The maximum Gasteiger partial charge on any atom is 0.141 e. The Hall–Kier alpha value is -0.960. The molecular weight excluding hydrogens is 119 g/mol. The third kappa shape index (κ3) is 3.61. The second-order valence-electron chi connectivity index (χ2n) is 1.17. The fraction of sp³-hybridized carbons (Fsp3) is 0.167. The van der Waals surface area contributed by atoms with Crippen LogP contribution in [0.25, 0.3) is 0 Å². The number of hydrogen-bond donors (Lipinski definition) is 1. The lowest BCUT2D eigenvalue weighted by Crippen LogP contribution is -1.70. The van der Waals surface area contributed by atoms with Crippen LogP contribution in [-0.4, -0.2) is 12.0 Å². The number of aromatic nitrogens is 1. The fourth-order valence-electron chi connectivity index (χ4n) is 0.342. The SMILES string of the molecule is CN.Fc1cccnc1. The molecule has 1 aromatic rings. The lowest BCUT2D eigenvalue weighted by atomic mass is 10.5. The van der Waals surface area contributed by atoms with Gasteiger partial charge in [0.2, 0.25) is 0 Å². The predicted octanol–water partition coefficient (Wildman–Crippen LogP) is 0.796. The highest BCUT2D eigenvalue weighted by Gasteiger charge is 1.78. The molecule has 1 heterocycles. The molecule has 0 radical (unpaired) electrons. The van der Waals surface area contributed by atoms with Crippen LogP contribution < -0.4 is 5.73 Å². The summed E-state index contributed by atoms with van der Waals surface area (Å²) < 4.78 is 11.8. The molecule has 0 saturated heterocycles. The molecule has 0 spiro atoms. The quantitative estimate of drug-likeness (QED) is 0.561. The molecular formula is C6H9FN2. The van der Waals surface area contributed by atoms with Gasteiger partial charge in [0.15, 0.2) is 0 Å². The third-order valence-corrected chi connectivity index (χ3v) is 0.625. The fourth-order valence-corrected chi connectivity index (χ4v) is 0.342. The van der Waals surface area contributed by atoms with E-state index in [1.807, 2.05) is 0 Å². The molecule has 0 aromatic carbocycles. The van der Waals surface area contributed by atoms with Crippen molar-refractivity contribution in [3.05, 3.63) is 30.3 Å². The molecule has 9 heavy (non-hydrogen) atoms. The van der Waals surface area contributed by atoms with E-state index in [4.69, 9.17) is 0 Å². The zero-order valence-electron chi connectivity index (χ0n) is 5.21. The van der Waals surface area contributed by atoms with E-state index in [-0.39, 0.29) is 5.82 Å². The number of nitrogens with two attached hydrogens (primary N) is 1. The van der Waals surface area contributed by atoms with Crippen molar-refractivity contribution < 1.29 is 4.39 Å². The van der Waals surface area contributed by atoms with Crippen molar-refractivity contribution in [2.45, 2.75) is 0 Å². The Bertz CT molecular complexity index is 141. The molecule has 0 aliphatic carbocycles. The van der Waals surface area contributed by atoms with E-state index in [1.54, 1.807) is 6.07 Å². The van der Waals surface area contributed by atoms with Crippen molar-refractivity contribution in [1.29, 1.82) is 0 Å². The predicted molar refractivity (Wildman–Crippen MR) is 34.3 cm³/mol. The van der Waals surface area contributed by atoms with Crippen molar-refractivity contribution in [2.24, 2.45) is 5.73 Å². The molecule has 0 amide bonds. The molecule has 50 valence electrons. The molecule has 0 aliphatic rings. The summed E-state index contributed by atoms with van der Waals surface area (Å²) in [5.74, 6) is -0.289. The van der Waals surface area contributed by atoms with E-state index in [0.29, 0.717) is 0 Å². The lowest BCUT2D eigenvalue weighted by molar-refractivity contribution is 0.621. The summed E-state index contributed by atoms with van der Waals surface area (Å²) in [7, 11) is 1.50. The largest absolute Gasteiger partial charge is 0.333 e. The van der Waals surface area contributed by atoms with Crippen LogP contribution in [0.2, 0.25) is 0 Å². The Morgan fingerprint density at radius 3 is 2.44 bits per heavy atom. The Balaban J connectivity index is 0.000000291. The van der Waals surface area contributed by atoms with Gasteiger partial charge in [0.25, 0.3) is 0 Å². The van der Waals surface area contributed by atoms with Gasteiger partial charge >= 0.3 is 0 Å². The summed E-state index contributed by atoms with van der Waals surface area (Å²) in [6.07, 6.45) is 2.70. The van der Waals surface area contributed by atoms with Crippen molar-refractivity contribution in [3.8, 4) is 0 Å². The van der Waals surface area contributed by atoms with E-state index in [2.05, 4.69) is 10.7 Å². The van der Waals surface area contributed by atoms with Gasteiger partial charge in [-0.05, 0) is 19.2 Å². The monoisotopic (exact) mass is 128 g/mol. The highest BCUT2D eigenvalue weighted by atomic mass is 19.1. The van der Waals surface area contributed by atoms with Crippen LogP contribution in [0.5, 0.6) is 0 Å². The van der Waals surface area contributed by atoms with Gasteiger partial charge in [-0.2, -0.15) is 0 Å². The van der Waals surface area contributed by atoms with Gasteiger partial charge in [0, 0.05) is 6.20 Å². The average Bonchev–Trinajstić information content (AvgIpc) is 1.94. The van der Waals surface area contributed by atoms with Gasteiger partial charge < -0.3 is 5.73 Å².